The van der Waals surface area contributed by atoms with Crippen LogP contribution in [-0.2, 0) is 4.74 Å². The van der Waals surface area contributed by atoms with E-state index in [1.807, 2.05) is 57.2 Å². The van der Waals surface area contributed by atoms with Crippen molar-refractivity contribution in [1.29, 1.82) is 0 Å². The summed E-state index contributed by atoms with van der Waals surface area (Å²) in [4.78, 5) is 20.2. The van der Waals surface area contributed by atoms with Gasteiger partial charge >= 0.3 is 0 Å². The van der Waals surface area contributed by atoms with Crippen LogP contribution in [0, 0.1) is 13.8 Å². The molecular weight excluding hydrogens is 384 g/mol. The summed E-state index contributed by atoms with van der Waals surface area (Å²) in [5.74, 6) is 0.721. The van der Waals surface area contributed by atoms with Crippen LogP contribution < -0.4 is 9.64 Å². The third-order valence-corrected chi connectivity index (χ3v) is 6.21. The van der Waals surface area contributed by atoms with Gasteiger partial charge in [0.25, 0.3) is 5.91 Å². The normalized spacial score (nSPS) is 16.3. The van der Waals surface area contributed by atoms with Gasteiger partial charge in [-0.3, -0.25) is 9.69 Å². The van der Waals surface area contributed by atoms with Gasteiger partial charge in [0.15, 0.2) is 5.13 Å². The van der Waals surface area contributed by atoms with Crippen LogP contribution in [0.2, 0.25) is 0 Å². The van der Waals surface area contributed by atoms with Gasteiger partial charge in [-0.15, -0.1) is 0 Å². The second-order valence-corrected chi connectivity index (χ2v) is 8.41. The topological polar surface area (TPSA) is 51.7 Å². The molecule has 1 amide bonds. The SMILES string of the molecule is CCOc1cccc2sc(N(CC3CCCO3)C(=O)c3ccc(C)cc3C)nc12. The molecule has 1 aliphatic heterocycles. The van der Waals surface area contributed by atoms with E-state index in [9.17, 15) is 4.79 Å². The molecule has 1 aromatic heterocycles. The van der Waals surface area contributed by atoms with Gasteiger partial charge in [0, 0.05) is 12.2 Å². The first-order valence-corrected chi connectivity index (χ1v) is 10.9. The van der Waals surface area contributed by atoms with Gasteiger partial charge in [-0.1, -0.05) is 35.1 Å². The van der Waals surface area contributed by atoms with Crippen molar-refractivity contribution in [3.63, 3.8) is 0 Å². The molecule has 0 radical (unpaired) electrons. The van der Waals surface area contributed by atoms with Gasteiger partial charge in [0.1, 0.15) is 11.3 Å². The molecule has 2 heterocycles. The molecule has 1 saturated heterocycles. The number of anilines is 1. The monoisotopic (exact) mass is 410 g/mol. The Morgan fingerprint density at radius 1 is 1.31 bits per heavy atom. The number of ether oxygens (including phenoxy) is 2. The Kier molecular flexibility index (Phi) is 5.83. The van der Waals surface area contributed by atoms with Crippen LogP contribution in [0.3, 0.4) is 0 Å². The molecule has 1 aliphatic rings. The highest BCUT2D eigenvalue weighted by Crippen LogP contribution is 2.35. The van der Waals surface area contributed by atoms with Gasteiger partial charge in [0.05, 0.1) is 24.0 Å². The highest BCUT2D eigenvalue weighted by molar-refractivity contribution is 7.22. The third-order valence-electron chi connectivity index (χ3n) is 5.17. The number of benzene rings is 2. The lowest BCUT2D eigenvalue weighted by Gasteiger charge is -2.24. The summed E-state index contributed by atoms with van der Waals surface area (Å²) < 4.78 is 12.6. The molecule has 0 saturated carbocycles. The van der Waals surface area contributed by atoms with E-state index >= 15 is 0 Å². The van der Waals surface area contributed by atoms with Crippen LogP contribution in [0.15, 0.2) is 36.4 Å². The minimum Gasteiger partial charge on any atom is -0.492 e. The molecule has 1 unspecified atom stereocenters. The Hall–Kier alpha value is -2.44. The number of hydrogen-bond acceptors (Lipinski definition) is 5. The summed E-state index contributed by atoms with van der Waals surface area (Å²) in [5, 5.41) is 0.688. The number of nitrogens with zero attached hydrogens (tertiary/aromatic N) is 2. The molecule has 1 atom stereocenters. The van der Waals surface area contributed by atoms with E-state index in [0.29, 0.717) is 23.8 Å². The summed E-state index contributed by atoms with van der Waals surface area (Å²) in [7, 11) is 0. The lowest BCUT2D eigenvalue weighted by molar-refractivity contribution is 0.0917. The number of hydrogen-bond donors (Lipinski definition) is 0. The van der Waals surface area contributed by atoms with Crippen molar-refractivity contribution in [2.45, 2.75) is 39.7 Å². The first-order valence-electron chi connectivity index (χ1n) is 10.1. The molecule has 0 aliphatic carbocycles. The Bertz CT molecular complexity index is 1020. The number of aromatic nitrogens is 1. The Morgan fingerprint density at radius 2 is 2.17 bits per heavy atom. The zero-order chi connectivity index (χ0) is 20.4. The van der Waals surface area contributed by atoms with E-state index in [-0.39, 0.29) is 12.0 Å². The number of carbonyl (C=O) groups is 1. The van der Waals surface area contributed by atoms with Crippen molar-refractivity contribution >= 4 is 32.6 Å². The smallest absolute Gasteiger partial charge is 0.260 e. The highest BCUT2D eigenvalue weighted by Gasteiger charge is 2.28. The second-order valence-electron chi connectivity index (χ2n) is 7.40. The van der Waals surface area contributed by atoms with E-state index in [1.165, 1.54) is 11.3 Å². The average Bonchev–Trinajstić information content (AvgIpc) is 3.36. The lowest BCUT2D eigenvalue weighted by Crippen LogP contribution is -2.37. The molecule has 2 aromatic carbocycles. The maximum atomic E-state index is 13.6. The van der Waals surface area contributed by atoms with Crippen molar-refractivity contribution in [3.8, 4) is 5.75 Å². The Labute approximate surface area is 175 Å². The first-order chi connectivity index (χ1) is 14.1. The second kappa shape index (κ2) is 8.51. The minimum atomic E-state index is -0.0324. The van der Waals surface area contributed by atoms with Crippen LogP contribution in [0.25, 0.3) is 10.2 Å². The average molecular weight is 411 g/mol. The number of carbonyl (C=O) groups excluding carboxylic acids is 1. The van der Waals surface area contributed by atoms with Crippen LogP contribution in [0.1, 0.15) is 41.3 Å². The van der Waals surface area contributed by atoms with Crippen molar-refractivity contribution in [2.75, 3.05) is 24.7 Å². The number of fused-ring (bicyclic) bond motifs is 1. The van der Waals surface area contributed by atoms with Gasteiger partial charge in [-0.2, -0.15) is 0 Å². The number of rotatable bonds is 6. The first kappa shape index (κ1) is 19.9. The fraction of sp³-hybridized carbons (Fsp3) is 0.391. The maximum Gasteiger partial charge on any atom is 0.260 e. The summed E-state index contributed by atoms with van der Waals surface area (Å²) in [6.45, 7) is 7.82. The van der Waals surface area contributed by atoms with Crippen molar-refractivity contribution in [1.82, 2.24) is 4.98 Å². The van der Waals surface area contributed by atoms with Gasteiger partial charge in [-0.05, 0) is 57.4 Å². The maximum absolute atomic E-state index is 13.6. The molecule has 6 heteroatoms. The highest BCUT2D eigenvalue weighted by atomic mass is 32.1. The molecule has 29 heavy (non-hydrogen) atoms. The van der Waals surface area contributed by atoms with E-state index in [0.717, 1.165) is 46.5 Å². The molecule has 152 valence electrons. The van der Waals surface area contributed by atoms with Crippen LogP contribution in [0.5, 0.6) is 5.75 Å². The lowest BCUT2D eigenvalue weighted by atomic mass is 10.0. The number of aryl methyl sites for hydroxylation is 2. The predicted octanol–water partition coefficient (Wildman–Crippen LogP) is 5.14. The van der Waals surface area contributed by atoms with E-state index < -0.39 is 0 Å². The van der Waals surface area contributed by atoms with E-state index in [2.05, 4.69) is 0 Å². The summed E-state index contributed by atoms with van der Waals surface area (Å²) in [6.07, 6.45) is 2.04. The molecule has 3 aromatic rings. The fourth-order valence-electron chi connectivity index (χ4n) is 3.74. The molecular formula is C23H26N2O3S. The quantitative estimate of drug-likeness (QED) is 0.565. The molecule has 0 N–H and O–H groups in total. The van der Waals surface area contributed by atoms with Crippen molar-refractivity contribution < 1.29 is 14.3 Å². The molecule has 4 rings (SSSR count). The molecule has 0 bridgehead atoms. The van der Waals surface area contributed by atoms with E-state index in [1.54, 1.807) is 4.90 Å². The number of thiazole rings is 1. The Balaban J connectivity index is 1.75. The van der Waals surface area contributed by atoms with E-state index in [4.69, 9.17) is 14.5 Å². The van der Waals surface area contributed by atoms with Gasteiger partial charge < -0.3 is 9.47 Å². The standard InChI is InChI=1S/C23H26N2O3S/c1-4-27-19-8-5-9-20-21(19)24-23(29-20)25(14-17-7-6-12-28-17)22(26)18-11-10-15(2)13-16(18)3/h5,8-11,13,17H,4,6-7,12,14H2,1-3H3. The van der Waals surface area contributed by atoms with Crippen LogP contribution in [-0.4, -0.2) is 36.8 Å². The van der Waals surface area contributed by atoms with Gasteiger partial charge in [0.2, 0.25) is 0 Å². The van der Waals surface area contributed by atoms with Crippen molar-refractivity contribution in [2.24, 2.45) is 0 Å². The van der Waals surface area contributed by atoms with Crippen LogP contribution >= 0.6 is 11.3 Å². The summed E-state index contributed by atoms with van der Waals surface area (Å²) in [5.41, 5.74) is 3.63. The Morgan fingerprint density at radius 3 is 2.90 bits per heavy atom. The third kappa shape index (κ3) is 4.14. The predicted molar refractivity (Wildman–Crippen MR) is 117 cm³/mol. The molecule has 5 nitrogen and oxygen atoms in total. The van der Waals surface area contributed by atoms with Crippen molar-refractivity contribution in [3.05, 3.63) is 53.1 Å². The van der Waals surface area contributed by atoms with Crippen LogP contribution in [0.4, 0.5) is 5.13 Å². The summed E-state index contributed by atoms with van der Waals surface area (Å²) >= 11 is 1.52. The zero-order valence-corrected chi connectivity index (χ0v) is 17.9. The van der Waals surface area contributed by atoms with Gasteiger partial charge in [-0.25, -0.2) is 4.98 Å². The number of para-hydroxylation sites is 1. The zero-order valence-electron chi connectivity index (χ0n) is 17.1. The molecule has 0 spiro atoms. The molecule has 1 fully saturated rings. The number of amides is 1. The minimum absolute atomic E-state index is 0.0324. The fourth-order valence-corrected chi connectivity index (χ4v) is 4.73. The largest absolute Gasteiger partial charge is 0.492 e. The summed E-state index contributed by atoms with van der Waals surface area (Å²) in [6, 6.07) is 11.8.